The highest BCUT2D eigenvalue weighted by Crippen LogP contribution is 2.25. The Bertz CT molecular complexity index is 3090. The van der Waals surface area contributed by atoms with Crippen LogP contribution in [-0.4, -0.2) is 221 Å². The zero-order chi connectivity index (χ0) is 70.6. The number of nitrogens with two attached hydrogens (primary N) is 4. The smallest absolute Gasteiger partial charge is 0.245 e. The molecular formula is C59H93N19O15S2. The number of H-pyrrole nitrogens is 1. The van der Waals surface area contributed by atoms with Crippen molar-refractivity contribution < 1.29 is 72.2 Å². The lowest BCUT2D eigenvalue weighted by atomic mass is 9.96. The van der Waals surface area contributed by atoms with Crippen LogP contribution in [0.15, 0.2) is 35.5 Å². The molecule has 2 aromatic rings. The van der Waals surface area contributed by atoms with E-state index in [0.29, 0.717) is 35.7 Å². The summed E-state index contributed by atoms with van der Waals surface area (Å²) in [5, 5.41) is 42.3. The van der Waals surface area contributed by atoms with Gasteiger partial charge in [0, 0.05) is 48.1 Å². The Balaban J connectivity index is 1.85. The summed E-state index contributed by atoms with van der Waals surface area (Å²) in [5.41, 5.74) is 22.9. The minimum absolute atomic E-state index is 0.0184. The molecule has 22 N–H and O–H groups in total. The Morgan fingerprint density at radius 1 is 0.663 bits per heavy atom. The van der Waals surface area contributed by atoms with Gasteiger partial charge in [0.05, 0.1) is 38.8 Å². The third-order valence-corrected chi connectivity index (χ3v) is 18.3. The fourth-order valence-corrected chi connectivity index (χ4v) is 12.3. The Morgan fingerprint density at radius 3 is 1.88 bits per heavy atom. The Labute approximate surface area is 557 Å². The number of rotatable bonds is 21. The second kappa shape index (κ2) is 39.2. The van der Waals surface area contributed by atoms with Gasteiger partial charge in [-0.2, -0.15) is 0 Å². The molecule has 14 amide bonds. The standard InChI is InChI=1S/C59H93N19O15S2/c1-8-30(5)47-55(90)69-26-45(84)78-19-13-17-40(78)54(89)76-48(31(6)9-2)57(92)77-49(32(7)79)58(93)72-37(20-33-22-65-35-15-11-10-14-34(33)35)52(87)74-46(29(3)4)56(91)73-38(50(85)68-24-43(82)66-23-41(61)80)27-94-95-28-39(70-44(83)25-67-42(81)21-60)53(88)71-36(51(86)75-47)16-12-18-64-59(62)63/h10-11,14-15,22,29-32,36-40,46-49,65,79H,8-9,12-13,16-21,23-28,60H2,1-7H3,(H2,61,80)(H,66,82)(H,67,81)(H,68,85)(H,69,90)(H,70,83)(H,71,88)(H,72,93)(H,73,91)(H,74,87)(H,75,86)(H,76,89)(H,77,92)(H4,62,63,64)/t30-,31-,32?,36-,37?,38?,39-,40-,46-,47?,48-,49-/m0/s1. The highest BCUT2D eigenvalue weighted by Gasteiger charge is 2.41. The van der Waals surface area contributed by atoms with Crippen LogP contribution < -0.4 is 86.7 Å². The van der Waals surface area contributed by atoms with Crippen molar-refractivity contribution in [3.63, 3.8) is 0 Å². The molecule has 0 aliphatic carbocycles. The minimum Gasteiger partial charge on any atom is -0.391 e. The molecule has 526 valence electrons. The number of guanidine groups is 1. The molecule has 0 radical (unpaired) electrons. The van der Waals surface area contributed by atoms with E-state index in [1.165, 1.54) is 11.8 Å². The Kier molecular flexibility index (Phi) is 32.4. The first-order chi connectivity index (χ1) is 45.0. The molecular weight excluding hydrogens is 1280 g/mol. The van der Waals surface area contributed by atoms with Gasteiger partial charge < -0.3 is 102 Å². The van der Waals surface area contributed by atoms with Crippen molar-refractivity contribution in [2.45, 2.75) is 154 Å². The normalized spacial score (nSPS) is 23.9. The average Bonchev–Trinajstić information content (AvgIpc) is 1.76. The third-order valence-electron chi connectivity index (χ3n) is 15.8. The average molecular weight is 1370 g/mol. The molecule has 4 unspecified atom stereocenters. The first kappa shape index (κ1) is 78.7. The number of aliphatic imine (C=N–C) groups is 1. The van der Waals surface area contributed by atoms with Gasteiger partial charge in [0.2, 0.25) is 82.7 Å². The molecule has 0 saturated carbocycles. The molecule has 2 fully saturated rings. The lowest BCUT2D eigenvalue weighted by Crippen LogP contribution is -2.63. The van der Waals surface area contributed by atoms with Gasteiger partial charge in [0.15, 0.2) is 5.96 Å². The highest BCUT2D eigenvalue weighted by molar-refractivity contribution is 8.76. The first-order valence-electron chi connectivity index (χ1n) is 31.3. The summed E-state index contributed by atoms with van der Waals surface area (Å²) < 4.78 is 0. The van der Waals surface area contributed by atoms with Gasteiger partial charge in [0.25, 0.3) is 0 Å². The number of hydrogen-bond donors (Lipinski definition) is 18. The van der Waals surface area contributed by atoms with Crippen molar-refractivity contribution in [3.8, 4) is 0 Å². The number of nitrogens with zero attached hydrogens (tertiary/aromatic N) is 2. The number of aromatic amines is 1. The van der Waals surface area contributed by atoms with Crippen LogP contribution in [0.5, 0.6) is 0 Å². The number of carbonyl (C=O) groups is 14. The van der Waals surface area contributed by atoms with Crippen LogP contribution in [0.25, 0.3) is 10.9 Å². The number of aliphatic hydroxyl groups excluding tert-OH is 1. The fraction of sp³-hybridized carbons (Fsp3) is 0.610. The summed E-state index contributed by atoms with van der Waals surface area (Å²) in [6.07, 6.45) is 0.834. The van der Waals surface area contributed by atoms with E-state index in [1.807, 2.05) is 0 Å². The highest BCUT2D eigenvalue weighted by atomic mass is 33.1. The van der Waals surface area contributed by atoms with Gasteiger partial charge in [0.1, 0.15) is 54.4 Å². The maximum Gasteiger partial charge on any atom is 0.245 e. The monoisotopic (exact) mass is 1370 g/mol. The van der Waals surface area contributed by atoms with Crippen LogP contribution >= 0.6 is 21.6 Å². The maximum atomic E-state index is 14.8. The number of aromatic nitrogens is 1. The van der Waals surface area contributed by atoms with Gasteiger partial charge in [-0.3, -0.25) is 72.1 Å². The zero-order valence-corrected chi connectivity index (χ0v) is 56.0. The summed E-state index contributed by atoms with van der Waals surface area (Å²) in [6.45, 7) is 8.19. The molecule has 0 spiro atoms. The Hall–Kier alpha value is -8.77. The molecule has 36 heteroatoms. The summed E-state index contributed by atoms with van der Waals surface area (Å²) in [7, 11) is 1.76. The van der Waals surface area contributed by atoms with E-state index in [0.717, 1.165) is 21.6 Å². The van der Waals surface area contributed by atoms with E-state index in [-0.39, 0.29) is 56.2 Å². The summed E-state index contributed by atoms with van der Waals surface area (Å²) in [4.78, 5) is 202. The van der Waals surface area contributed by atoms with Crippen LogP contribution in [0.3, 0.4) is 0 Å². The number of fused-ring (bicyclic) bond motifs is 2. The number of nitrogens with one attached hydrogen (secondary N) is 13. The molecule has 0 bridgehead atoms. The van der Waals surface area contributed by atoms with E-state index < -0.39 is 194 Å². The van der Waals surface area contributed by atoms with Crippen molar-refractivity contribution in [1.29, 1.82) is 0 Å². The molecule has 95 heavy (non-hydrogen) atoms. The number of hydrogen-bond acceptors (Lipinski definition) is 19. The zero-order valence-electron chi connectivity index (χ0n) is 54.4. The van der Waals surface area contributed by atoms with Crippen LogP contribution in [0.1, 0.15) is 92.6 Å². The summed E-state index contributed by atoms with van der Waals surface area (Å²) in [5.74, 6) is -15.1. The minimum atomic E-state index is -1.76. The van der Waals surface area contributed by atoms with Crippen molar-refractivity contribution in [2.75, 3.05) is 57.3 Å². The number of carbonyl (C=O) groups excluding carboxylic acids is 14. The SMILES string of the molecule is CC[C@H](C)C1NC(=O)[C@H](CCCN=C(N)N)NC(=O)[C@@H](NC(=O)CNC(=O)CN)CSSCC(C(=O)NCC(=O)NCC(N)=O)NC(=O)[C@H](C(C)C)NC(=O)C(Cc2c[nH]c3ccccc23)NC(=O)[C@H](C(C)O)NC(=O)[C@H]([C@@H](C)CC)NC(=O)[C@@H]2CCCN2C(=O)CNC1=O. The van der Waals surface area contributed by atoms with Gasteiger partial charge in [-0.1, -0.05) is 94.2 Å². The molecule has 2 aliphatic heterocycles. The van der Waals surface area contributed by atoms with E-state index >= 15 is 0 Å². The van der Waals surface area contributed by atoms with E-state index in [1.54, 1.807) is 72.0 Å². The molecule has 12 atom stereocenters. The fourth-order valence-electron chi connectivity index (χ4n) is 9.99. The summed E-state index contributed by atoms with van der Waals surface area (Å²) in [6, 6.07) is -6.10. The number of amides is 14. The molecule has 3 heterocycles. The van der Waals surface area contributed by atoms with Gasteiger partial charge in [-0.05, 0) is 62.0 Å². The van der Waals surface area contributed by atoms with E-state index in [9.17, 15) is 72.2 Å². The predicted molar refractivity (Wildman–Crippen MR) is 353 cm³/mol. The van der Waals surface area contributed by atoms with Crippen molar-refractivity contribution in [2.24, 2.45) is 45.7 Å². The molecule has 1 aromatic heterocycles. The Morgan fingerprint density at radius 2 is 1.24 bits per heavy atom. The second-order valence-corrected chi connectivity index (χ2v) is 26.0. The maximum absolute atomic E-state index is 14.8. The molecule has 1 aromatic carbocycles. The van der Waals surface area contributed by atoms with Crippen molar-refractivity contribution in [1.82, 2.24) is 73.7 Å². The third kappa shape index (κ3) is 25.1. The molecule has 34 nitrogen and oxygen atoms in total. The molecule has 2 saturated heterocycles. The van der Waals surface area contributed by atoms with E-state index in [4.69, 9.17) is 22.9 Å². The lowest BCUT2D eigenvalue weighted by Gasteiger charge is -2.31. The lowest BCUT2D eigenvalue weighted by molar-refractivity contribution is -0.141. The topological polar surface area (TPSA) is 539 Å². The van der Waals surface area contributed by atoms with Crippen LogP contribution in [0, 0.1) is 17.8 Å². The quantitative estimate of drug-likeness (QED) is 0.0239. The second-order valence-electron chi connectivity index (χ2n) is 23.5. The number of primary amides is 1. The van der Waals surface area contributed by atoms with Crippen molar-refractivity contribution in [3.05, 3.63) is 36.0 Å². The number of benzene rings is 1. The molecule has 4 rings (SSSR count). The molecule has 2 aliphatic rings. The van der Waals surface area contributed by atoms with Gasteiger partial charge in [-0.25, -0.2) is 0 Å². The first-order valence-corrected chi connectivity index (χ1v) is 33.8. The van der Waals surface area contributed by atoms with Crippen LogP contribution in [0.2, 0.25) is 0 Å². The predicted octanol–water partition coefficient (Wildman–Crippen LogP) is -5.93. The van der Waals surface area contributed by atoms with Crippen molar-refractivity contribution >= 4 is 121 Å². The number of para-hydroxylation sites is 1. The van der Waals surface area contributed by atoms with Crippen LogP contribution in [-0.2, 0) is 73.5 Å². The summed E-state index contributed by atoms with van der Waals surface area (Å²) >= 11 is 0. The van der Waals surface area contributed by atoms with Crippen LogP contribution in [0.4, 0.5) is 0 Å². The van der Waals surface area contributed by atoms with E-state index in [2.05, 4.69) is 73.8 Å². The largest absolute Gasteiger partial charge is 0.391 e. The van der Waals surface area contributed by atoms with Gasteiger partial charge in [-0.15, -0.1) is 0 Å². The van der Waals surface area contributed by atoms with Gasteiger partial charge >= 0.3 is 0 Å². The number of aliphatic hydroxyl groups is 1.